The molecule has 0 unspecified atom stereocenters. The van der Waals surface area contributed by atoms with Crippen LogP contribution in [0.15, 0.2) is 115 Å². The second kappa shape index (κ2) is 11.2. The van der Waals surface area contributed by atoms with E-state index in [1.54, 1.807) is 13.2 Å². The Morgan fingerprint density at radius 1 is 0.568 bits per heavy atom. The van der Waals surface area contributed by atoms with Crippen molar-refractivity contribution in [2.45, 2.75) is 26.2 Å². The third kappa shape index (κ3) is 5.44. The van der Waals surface area contributed by atoms with E-state index in [0.717, 1.165) is 40.0 Å². The van der Waals surface area contributed by atoms with Gasteiger partial charge in [0.2, 0.25) is 0 Å². The zero-order valence-corrected chi connectivity index (χ0v) is 21.4. The maximum atomic E-state index is 11.0. The lowest BCUT2D eigenvalue weighted by atomic mass is 9.95. The molecule has 0 aliphatic heterocycles. The monoisotopic (exact) mass is 484 g/mol. The topological polar surface area (TPSA) is 29.5 Å². The molecule has 0 amide bonds. The first kappa shape index (κ1) is 24.4. The highest BCUT2D eigenvalue weighted by Gasteiger charge is 2.14. The minimum Gasteiger partial charge on any atom is -0.507 e. The van der Waals surface area contributed by atoms with Crippen molar-refractivity contribution in [3.05, 3.63) is 121 Å². The van der Waals surface area contributed by atoms with Crippen LogP contribution in [0.25, 0.3) is 44.5 Å². The van der Waals surface area contributed by atoms with Gasteiger partial charge in [0.25, 0.3) is 0 Å². The summed E-state index contributed by atoms with van der Waals surface area (Å²) in [4.78, 5) is 0. The fraction of sp³-hybridized carbons (Fsp3) is 0.143. The predicted molar refractivity (Wildman–Crippen MR) is 155 cm³/mol. The van der Waals surface area contributed by atoms with Crippen LogP contribution in [0.2, 0.25) is 0 Å². The molecule has 0 aliphatic rings. The van der Waals surface area contributed by atoms with Gasteiger partial charge in [-0.15, -0.1) is 0 Å². The summed E-state index contributed by atoms with van der Waals surface area (Å²) in [5.41, 5.74) is 9.63. The van der Waals surface area contributed by atoms with Crippen molar-refractivity contribution in [3.63, 3.8) is 0 Å². The number of methoxy groups -OCH3 is 1. The summed E-state index contributed by atoms with van der Waals surface area (Å²) in [6, 6.07) is 39.5. The summed E-state index contributed by atoms with van der Waals surface area (Å²) in [5.74, 6) is 0.961. The van der Waals surface area contributed by atoms with Crippen molar-refractivity contribution in [2.75, 3.05) is 7.11 Å². The lowest BCUT2D eigenvalue weighted by Gasteiger charge is -2.14. The number of rotatable bonds is 8. The van der Waals surface area contributed by atoms with Crippen LogP contribution in [0.3, 0.4) is 0 Å². The van der Waals surface area contributed by atoms with Crippen molar-refractivity contribution in [3.8, 4) is 56.0 Å². The van der Waals surface area contributed by atoms with Gasteiger partial charge in [0.1, 0.15) is 11.5 Å². The van der Waals surface area contributed by atoms with E-state index in [2.05, 4.69) is 79.7 Å². The van der Waals surface area contributed by atoms with Gasteiger partial charge >= 0.3 is 0 Å². The molecule has 0 aromatic heterocycles. The van der Waals surface area contributed by atoms with Gasteiger partial charge in [0, 0.05) is 11.1 Å². The number of hydrogen-bond acceptors (Lipinski definition) is 2. The zero-order chi connectivity index (χ0) is 25.6. The maximum Gasteiger partial charge on any atom is 0.127 e. The molecule has 0 spiro atoms. The van der Waals surface area contributed by atoms with E-state index in [1.807, 2.05) is 36.4 Å². The quantitative estimate of drug-likeness (QED) is 0.238. The molecule has 1 N–H and O–H groups in total. The molecule has 37 heavy (non-hydrogen) atoms. The molecule has 0 saturated carbocycles. The van der Waals surface area contributed by atoms with Gasteiger partial charge in [0.15, 0.2) is 0 Å². The second-order valence-corrected chi connectivity index (χ2v) is 9.39. The normalized spacial score (nSPS) is 10.9. The highest BCUT2D eigenvalue weighted by atomic mass is 16.5. The summed E-state index contributed by atoms with van der Waals surface area (Å²) in [6.45, 7) is 2.22. The Balaban J connectivity index is 1.40. The Hall–Kier alpha value is -4.30. The van der Waals surface area contributed by atoms with Gasteiger partial charge in [-0.25, -0.2) is 0 Å². The van der Waals surface area contributed by atoms with Gasteiger partial charge in [0.05, 0.1) is 7.11 Å². The second-order valence-electron chi connectivity index (χ2n) is 9.39. The summed E-state index contributed by atoms with van der Waals surface area (Å²) < 4.78 is 5.76. The molecular formula is C35H32O2. The smallest absolute Gasteiger partial charge is 0.127 e. The fourth-order valence-corrected chi connectivity index (χ4v) is 4.75. The first-order valence-corrected chi connectivity index (χ1v) is 12.9. The highest BCUT2D eigenvalue weighted by Crippen LogP contribution is 2.41. The van der Waals surface area contributed by atoms with Crippen molar-refractivity contribution in [1.82, 2.24) is 0 Å². The Morgan fingerprint density at radius 2 is 1.05 bits per heavy atom. The molecule has 0 atom stereocenters. The molecule has 0 radical (unpaired) electrons. The summed E-state index contributed by atoms with van der Waals surface area (Å²) in [5, 5.41) is 11.0. The number of ether oxygens (including phenoxy) is 1. The van der Waals surface area contributed by atoms with E-state index in [1.165, 1.54) is 35.1 Å². The van der Waals surface area contributed by atoms with Gasteiger partial charge in [-0.1, -0.05) is 116 Å². The average Bonchev–Trinajstić information content (AvgIpc) is 2.97. The zero-order valence-electron chi connectivity index (χ0n) is 21.4. The molecule has 0 saturated heterocycles. The van der Waals surface area contributed by atoms with E-state index in [-0.39, 0.29) is 5.75 Å². The molecule has 5 aromatic carbocycles. The molecule has 0 bridgehead atoms. The molecule has 0 fully saturated rings. The minimum atomic E-state index is 0.231. The van der Waals surface area contributed by atoms with E-state index < -0.39 is 0 Å². The first-order chi connectivity index (χ1) is 18.2. The summed E-state index contributed by atoms with van der Waals surface area (Å²) in [6.07, 6.45) is 3.57. The summed E-state index contributed by atoms with van der Waals surface area (Å²) in [7, 11) is 1.67. The van der Waals surface area contributed by atoms with Crippen LogP contribution in [0.5, 0.6) is 11.5 Å². The number of benzene rings is 5. The highest BCUT2D eigenvalue weighted by molar-refractivity contribution is 5.82. The van der Waals surface area contributed by atoms with E-state index >= 15 is 0 Å². The predicted octanol–water partition coefficient (Wildman–Crippen LogP) is 9.41. The Morgan fingerprint density at radius 3 is 1.59 bits per heavy atom. The average molecular weight is 485 g/mol. The first-order valence-electron chi connectivity index (χ1n) is 12.9. The number of unbranched alkanes of at least 4 members (excludes halogenated alkanes) is 1. The van der Waals surface area contributed by atoms with Crippen LogP contribution in [-0.2, 0) is 6.42 Å². The SMILES string of the molecule is CCCCc1ccc(-c2ccc(-c3cc(O)c(-c4ccc(-c5ccccc5)cc4)cc3OC)cc2)cc1. The lowest BCUT2D eigenvalue weighted by molar-refractivity contribution is 0.414. The molecule has 184 valence electrons. The number of phenols is 1. The Kier molecular flexibility index (Phi) is 7.37. The number of aromatic hydroxyl groups is 1. The van der Waals surface area contributed by atoms with Crippen molar-refractivity contribution < 1.29 is 9.84 Å². The van der Waals surface area contributed by atoms with E-state index in [4.69, 9.17) is 4.74 Å². The third-order valence-corrected chi connectivity index (χ3v) is 6.92. The lowest BCUT2D eigenvalue weighted by Crippen LogP contribution is -1.91. The molecule has 0 heterocycles. The van der Waals surface area contributed by atoms with Crippen LogP contribution in [0.4, 0.5) is 0 Å². The number of aryl methyl sites for hydroxylation is 1. The van der Waals surface area contributed by atoms with Crippen LogP contribution in [0, 0.1) is 0 Å². The molecule has 0 aliphatic carbocycles. The maximum absolute atomic E-state index is 11.0. The molecule has 2 heteroatoms. The summed E-state index contributed by atoms with van der Waals surface area (Å²) >= 11 is 0. The molecule has 5 aromatic rings. The van der Waals surface area contributed by atoms with Gasteiger partial charge in [-0.05, 0) is 63.9 Å². The van der Waals surface area contributed by atoms with E-state index in [9.17, 15) is 5.11 Å². The van der Waals surface area contributed by atoms with Gasteiger partial charge in [-0.3, -0.25) is 0 Å². The number of hydrogen-bond donors (Lipinski definition) is 1. The number of phenolic OH excluding ortho intramolecular Hbond substituents is 1. The molecule has 5 rings (SSSR count). The Bertz CT molecular complexity index is 1450. The molecule has 2 nitrogen and oxygen atoms in total. The third-order valence-electron chi connectivity index (χ3n) is 6.92. The van der Waals surface area contributed by atoms with Crippen molar-refractivity contribution >= 4 is 0 Å². The fourth-order valence-electron chi connectivity index (χ4n) is 4.75. The van der Waals surface area contributed by atoms with Crippen LogP contribution >= 0.6 is 0 Å². The van der Waals surface area contributed by atoms with E-state index in [0.29, 0.717) is 0 Å². The van der Waals surface area contributed by atoms with Crippen LogP contribution in [0.1, 0.15) is 25.3 Å². The standard InChI is InChI=1S/C35H32O2/c1-3-4-8-25-11-13-27(14-12-25)29-17-21-31(22-18-29)33-23-34(36)32(24-35(33)37-2)30-19-15-28(16-20-30)26-9-6-5-7-10-26/h5-7,9-24,36H,3-4,8H2,1-2H3. The van der Waals surface area contributed by atoms with Crippen molar-refractivity contribution in [1.29, 1.82) is 0 Å². The van der Waals surface area contributed by atoms with Crippen LogP contribution < -0.4 is 4.74 Å². The largest absolute Gasteiger partial charge is 0.507 e. The van der Waals surface area contributed by atoms with Gasteiger partial charge in [-0.2, -0.15) is 0 Å². The Labute approximate surface area is 219 Å². The molecular weight excluding hydrogens is 452 g/mol. The van der Waals surface area contributed by atoms with Gasteiger partial charge < -0.3 is 9.84 Å². The minimum absolute atomic E-state index is 0.231. The van der Waals surface area contributed by atoms with Crippen molar-refractivity contribution in [2.24, 2.45) is 0 Å². The van der Waals surface area contributed by atoms with Crippen LogP contribution in [-0.4, -0.2) is 12.2 Å².